The van der Waals surface area contributed by atoms with Crippen LogP contribution in [0, 0.1) is 0 Å². The zero-order valence-electron chi connectivity index (χ0n) is 15.0. The number of anilines is 1. The van der Waals surface area contributed by atoms with Crippen LogP contribution < -0.4 is 5.32 Å². The Kier molecular flexibility index (Phi) is 2.54. The number of para-hydroxylation sites is 1. The number of rotatable bonds is 0. The Morgan fingerprint density at radius 2 is 1.50 bits per heavy atom. The minimum absolute atomic E-state index is 0.821. The van der Waals surface area contributed by atoms with Crippen molar-refractivity contribution in [3.63, 3.8) is 0 Å². The number of fused-ring (bicyclic) bond motifs is 12. The highest BCUT2D eigenvalue weighted by atomic mass is 16.3. The molecule has 3 nitrogen and oxygen atoms in total. The lowest BCUT2D eigenvalue weighted by Crippen LogP contribution is -2.02. The molecule has 3 heterocycles. The van der Waals surface area contributed by atoms with Gasteiger partial charge in [0, 0.05) is 28.2 Å². The molecule has 0 fully saturated rings. The number of aromatic nitrogens is 1. The summed E-state index contributed by atoms with van der Waals surface area (Å²) in [5.74, 6) is 0.908. The second-order valence-corrected chi connectivity index (χ2v) is 7.45. The maximum atomic E-state index is 6.17. The van der Waals surface area contributed by atoms with Crippen LogP contribution >= 0.6 is 0 Å². The monoisotopic (exact) mass is 360 g/mol. The number of aromatic amines is 1. The minimum Gasteiger partial charge on any atom is -0.454 e. The first-order valence-electron chi connectivity index (χ1n) is 9.61. The van der Waals surface area contributed by atoms with Gasteiger partial charge in [0.15, 0.2) is 5.76 Å². The van der Waals surface area contributed by atoms with Gasteiger partial charge in [0.2, 0.25) is 0 Å². The lowest BCUT2D eigenvalue weighted by Gasteiger charge is -2.11. The van der Waals surface area contributed by atoms with E-state index in [4.69, 9.17) is 4.42 Å². The normalized spacial score (nSPS) is 13.7. The van der Waals surface area contributed by atoms with Gasteiger partial charge < -0.3 is 14.7 Å². The summed E-state index contributed by atoms with van der Waals surface area (Å²) in [4.78, 5) is 3.71. The van der Waals surface area contributed by atoms with Gasteiger partial charge in [-0.3, -0.25) is 0 Å². The molecule has 6 aromatic rings. The molecule has 3 heteroatoms. The fourth-order valence-corrected chi connectivity index (χ4v) is 4.86. The van der Waals surface area contributed by atoms with Crippen LogP contribution in [0.4, 0.5) is 5.69 Å². The first kappa shape index (κ1) is 14.4. The summed E-state index contributed by atoms with van der Waals surface area (Å²) >= 11 is 0. The number of furan rings is 1. The van der Waals surface area contributed by atoms with Gasteiger partial charge in [-0.15, -0.1) is 0 Å². The zero-order valence-corrected chi connectivity index (χ0v) is 15.0. The summed E-state index contributed by atoms with van der Waals surface area (Å²) < 4.78 is 6.17. The molecule has 0 bridgehead atoms. The SMILES string of the molecule is C1=Cc2oc3ccc4c5ccccc5c5c6ccccc6[nH]c5c4c3c2NC1. The number of benzene rings is 4. The molecule has 1 aliphatic heterocycles. The van der Waals surface area contributed by atoms with Gasteiger partial charge in [-0.1, -0.05) is 48.5 Å². The molecule has 0 atom stereocenters. The van der Waals surface area contributed by atoms with Crippen LogP contribution in [0.2, 0.25) is 0 Å². The van der Waals surface area contributed by atoms with E-state index >= 15 is 0 Å². The van der Waals surface area contributed by atoms with Crippen molar-refractivity contribution in [2.45, 2.75) is 0 Å². The first-order valence-corrected chi connectivity index (χ1v) is 9.61. The van der Waals surface area contributed by atoms with Crippen LogP contribution in [0.1, 0.15) is 5.76 Å². The van der Waals surface area contributed by atoms with Gasteiger partial charge >= 0.3 is 0 Å². The Balaban J connectivity index is 1.87. The van der Waals surface area contributed by atoms with E-state index in [0.29, 0.717) is 0 Å². The van der Waals surface area contributed by atoms with Crippen LogP contribution in [0.15, 0.2) is 71.2 Å². The van der Waals surface area contributed by atoms with Crippen molar-refractivity contribution in [3.05, 3.63) is 72.5 Å². The van der Waals surface area contributed by atoms with Crippen molar-refractivity contribution in [1.82, 2.24) is 4.98 Å². The Bertz CT molecular complexity index is 1610. The molecule has 2 N–H and O–H groups in total. The van der Waals surface area contributed by atoms with Crippen molar-refractivity contribution in [2.75, 3.05) is 11.9 Å². The molecule has 28 heavy (non-hydrogen) atoms. The number of hydrogen-bond acceptors (Lipinski definition) is 2. The third-order valence-electron chi connectivity index (χ3n) is 5.99. The Hall–Kier alpha value is -3.72. The second-order valence-electron chi connectivity index (χ2n) is 7.45. The molecule has 0 unspecified atom stereocenters. The molecule has 0 saturated carbocycles. The molecular weight excluding hydrogens is 344 g/mol. The van der Waals surface area contributed by atoms with Gasteiger partial charge in [0.1, 0.15) is 5.58 Å². The van der Waals surface area contributed by atoms with Gasteiger partial charge in [-0.25, -0.2) is 0 Å². The molecule has 132 valence electrons. The average Bonchev–Trinajstić information content (AvgIpc) is 3.32. The predicted octanol–water partition coefficient (Wildman–Crippen LogP) is 6.81. The molecule has 0 saturated heterocycles. The molecule has 0 amide bonds. The highest BCUT2D eigenvalue weighted by Crippen LogP contribution is 2.45. The topological polar surface area (TPSA) is 41.0 Å². The van der Waals surface area contributed by atoms with Crippen molar-refractivity contribution >= 4 is 66.1 Å². The van der Waals surface area contributed by atoms with Gasteiger partial charge in [-0.05, 0) is 40.4 Å². The van der Waals surface area contributed by atoms with E-state index in [1.165, 1.54) is 43.2 Å². The standard InChI is InChI=1S/C25H16N2O/c1-2-7-15-14(6-1)16-11-12-19-23(24-20(28-19)10-5-13-26-24)22(16)25-21(15)17-8-3-4-9-18(17)27-25/h1-12,26-27H,13H2. The summed E-state index contributed by atoms with van der Waals surface area (Å²) in [6.07, 6.45) is 4.17. The third kappa shape index (κ3) is 1.65. The largest absolute Gasteiger partial charge is 0.454 e. The maximum absolute atomic E-state index is 6.17. The Morgan fingerprint density at radius 3 is 2.43 bits per heavy atom. The highest BCUT2D eigenvalue weighted by molar-refractivity contribution is 6.36. The number of H-pyrrole nitrogens is 1. The van der Waals surface area contributed by atoms with Gasteiger partial charge in [-0.2, -0.15) is 0 Å². The maximum Gasteiger partial charge on any atom is 0.151 e. The van der Waals surface area contributed by atoms with Crippen molar-refractivity contribution in [3.8, 4) is 0 Å². The molecule has 0 spiro atoms. The third-order valence-corrected chi connectivity index (χ3v) is 5.99. The van der Waals surface area contributed by atoms with Gasteiger partial charge in [0.05, 0.1) is 16.6 Å². The summed E-state index contributed by atoms with van der Waals surface area (Å²) in [6, 6.07) is 21.6. The van der Waals surface area contributed by atoms with E-state index in [0.717, 1.165) is 29.1 Å². The Morgan fingerprint density at radius 1 is 0.714 bits per heavy atom. The fourth-order valence-electron chi connectivity index (χ4n) is 4.86. The zero-order chi connectivity index (χ0) is 18.2. The Labute approximate surface area is 160 Å². The van der Waals surface area contributed by atoms with Crippen LogP contribution in [0.5, 0.6) is 0 Å². The molecular formula is C25H16N2O. The molecule has 2 aromatic heterocycles. The van der Waals surface area contributed by atoms with E-state index in [-0.39, 0.29) is 0 Å². The molecule has 0 aliphatic carbocycles. The minimum atomic E-state index is 0.821. The predicted molar refractivity (Wildman–Crippen MR) is 118 cm³/mol. The summed E-state index contributed by atoms with van der Waals surface area (Å²) in [6.45, 7) is 0.821. The molecule has 7 rings (SSSR count). The number of hydrogen-bond donors (Lipinski definition) is 2. The summed E-state index contributed by atoms with van der Waals surface area (Å²) in [7, 11) is 0. The van der Waals surface area contributed by atoms with Crippen molar-refractivity contribution < 1.29 is 4.42 Å². The van der Waals surface area contributed by atoms with Gasteiger partial charge in [0.25, 0.3) is 0 Å². The van der Waals surface area contributed by atoms with E-state index in [2.05, 4.69) is 83.1 Å². The first-order chi connectivity index (χ1) is 13.9. The smallest absolute Gasteiger partial charge is 0.151 e. The van der Waals surface area contributed by atoms with E-state index in [9.17, 15) is 0 Å². The van der Waals surface area contributed by atoms with Crippen LogP contribution in [-0.4, -0.2) is 11.5 Å². The van der Waals surface area contributed by atoms with Crippen LogP contribution in [0.3, 0.4) is 0 Å². The quantitative estimate of drug-likeness (QED) is 0.292. The van der Waals surface area contributed by atoms with Crippen molar-refractivity contribution in [1.29, 1.82) is 0 Å². The molecule has 4 aromatic carbocycles. The number of nitrogens with one attached hydrogen (secondary N) is 2. The lowest BCUT2D eigenvalue weighted by molar-refractivity contribution is 0.604. The molecule has 0 radical (unpaired) electrons. The van der Waals surface area contributed by atoms with Crippen LogP contribution in [-0.2, 0) is 0 Å². The van der Waals surface area contributed by atoms with E-state index in [1.54, 1.807) is 0 Å². The van der Waals surface area contributed by atoms with Crippen LogP contribution in [0.25, 0.3) is 60.4 Å². The highest BCUT2D eigenvalue weighted by Gasteiger charge is 2.21. The molecule has 1 aliphatic rings. The van der Waals surface area contributed by atoms with E-state index < -0.39 is 0 Å². The average molecular weight is 360 g/mol. The summed E-state index contributed by atoms with van der Waals surface area (Å²) in [5.41, 5.74) is 4.36. The fraction of sp³-hybridized carbons (Fsp3) is 0.0400. The van der Waals surface area contributed by atoms with E-state index in [1.807, 2.05) is 0 Å². The second kappa shape index (κ2) is 4.96. The lowest BCUT2D eigenvalue weighted by atomic mass is 9.94. The summed E-state index contributed by atoms with van der Waals surface area (Å²) in [5, 5.41) is 12.3. The van der Waals surface area contributed by atoms with Crippen molar-refractivity contribution in [2.24, 2.45) is 0 Å².